The van der Waals surface area contributed by atoms with Crippen LogP contribution in [0, 0.1) is 0 Å². The smallest absolute Gasteiger partial charge is 0.244 e. The van der Waals surface area contributed by atoms with Gasteiger partial charge >= 0.3 is 0 Å². The predicted molar refractivity (Wildman–Crippen MR) is 157 cm³/mol. The zero-order chi connectivity index (χ0) is 28.3. The molecule has 0 unspecified atom stereocenters. The van der Waals surface area contributed by atoms with Crippen LogP contribution < -0.4 is 21.2 Å². The third kappa shape index (κ3) is 8.79. The maximum absolute atomic E-state index is 12.6. The van der Waals surface area contributed by atoms with Crippen LogP contribution in [0.3, 0.4) is 0 Å². The number of carbonyl (C=O) groups excluding carboxylic acids is 1. The van der Waals surface area contributed by atoms with E-state index >= 15 is 0 Å². The van der Waals surface area contributed by atoms with Crippen LogP contribution in [0.25, 0.3) is 6.08 Å². The number of rotatable bonds is 8. The monoisotopic (exact) mass is 563 g/mol. The van der Waals surface area contributed by atoms with Crippen LogP contribution in [0.2, 0.25) is 0 Å². The van der Waals surface area contributed by atoms with E-state index in [4.69, 9.17) is 13.0 Å². The number of amides is 1. The lowest BCUT2D eigenvalue weighted by Crippen LogP contribution is -2.37. The lowest BCUT2D eigenvalue weighted by Gasteiger charge is -2.27. The fraction of sp³-hybridized carbons (Fsp3) is 0.100. The Kier molecular flexibility index (Phi) is 10.4. The highest BCUT2D eigenvalue weighted by Gasteiger charge is 2.44. The van der Waals surface area contributed by atoms with E-state index in [0.717, 1.165) is 6.16 Å². The number of benzene rings is 4. The number of phenols is 2. The van der Waals surface area contributed by atoms with Gasteiger partial charge in [0.1, 0.15) is 23.2 Å². The van der Waals surface area contributed by atoms with E-state index in [1.807, 2.05) is 18.2 Å². The fourth-order valence-corrected chi connectivity index (χ4v) is 8.26. The van der Waals surface area contributed by atoms with E-state index in [0.29, 0.717) is 18.4 Å². The van der Waals surface area contributed by atoms with Gasteiger partial charge in [-0.2, -0.15) is 0 Å². The highest BCUT2D eigenvalue weighted by atomic mass is 32.2. The van der Waals surface area contributed by atoms with Gasteiger partial charge in [0.05, 0.1) is 22.8 Å². The molecule has 0 bridgehead atoms. The molecule has 39 heavy (non-hydrogen) atoms. The Hall–Kier alpha value is -3.97. The van der Waals surface area contributed by atoms with Crippen molar-refractivity contribution in [3.8, 4) is 11.5 Å². The topological polar surface area (TPSA) is 127 Å². The standard InChI is InChI=1S/C29H26NO3P.CH4O3S/c31-27-18-16-23(22-28(27)32)17-19-29(33)30-20-21-34(24-10-4-1-5-11-24,25-12-6-2-7-13-25)26-14-8-3-9-15-26;1-5(2,3)4/h1-19,22H,20-21H2,(H2-,30,31,32,33);1H3,(H,2,3,4). The first-order valence-electron chi connectivity index (χ1n) is 12.0. The van der Waals surface area contributed by atoms with Crippen molar-refractivity contribution >= 4 is 45.3 Å². The van der Waals surface area contributed by atoms with E-state index < -0.39 is 17.4 Å². The van der Waals surface area contributed by atoms with Crippen LogP contribution >= 0.6 is 7.26 Å². The van der Waals surface area contributed by atoms with Gasteiger partial charge in [0.2, 0.25) is 5.91 Å². The molecule has 3 N–H and O–H groups in total. The fourth-order valence-electron chi connectivity index (χ4n) is 4.10. The number of phenolic OH excluding ortho intramolecular Hbond substituents is 2. The summed E-state index contributed by atoms with van der Waals surface area (Å²) in [4.78, 5) is 12.6. The molecule has 7 nitrogen and oxygen atoms in total. The van der Waals surface area contributed by atoms with Crippen LogP contribution in [0.4, 0.5) is 0 Å². The molecule has 0 fully saturated rings. The van der Waals surface area contributed by atoms with Crippen molar-refractivity contribution in [2.24, 2.45) is 0 Å². The van der Waals surface area contributed by atoms with Gasteiger partial charge in [-0.05, 0) is 60.2 Å². The van der Waals surface area contributed by atoms with E-state index in [2.05, 4.69) is 78.1 Å². The summed E-state index contributed by atoms with van der Waals surface area (Å²) in [6.07, 6.45) is 4.44. The Morgan fingerprint density at radius 3 is 1.64 bits per heavy atom. The van der Waals surface area contributed by atoms with Gasteiger partial charge in [0.25, 0.3) is 0 Å². The summed E-state index contributed by atoms with van der Waals surface area (Å²) >= 11 is 0. The van der Waals surface area contributed by atoms with Crippen molar-refractivity contribution in [2.75, 3.05) is 19.0 Å². The largest absolute Gasteiger partial charge is 0.748 e. The zero-order valence-electron chi connectivity index (χ0n) is 21.3. The third-order valence-electron chi connectivity index (χ3n) is 5.76. The molecule has 0 aliphatic carbocycles. The van der Waals surface area contributed by atoms with Crippen molar-refractivity contribution in [2.45, 2.75) is 0 Å². The Morgan fingerprint density at radius 2 is 1.23 bits per heavy atom. The van der Waals surface area contributed by atoms with Crippen molar-refractivity contribution in [3.05, 3.63) is 121 Å². The minimum absolute atomic E-state index is 0.190. The molecule has 4 aromatic carbocycles. The third-order valence-corrected chi connectivity index (χ3v) is 10.2. The van der Waals surface area contributed by atoms with Crippen molar-refractivity contribution < 1.29 is 28.0 Å². The number of aromatic hydroxyl groups is 2. The summed E-state index contributed by atoms with van der Waals surface area (Å²) in [7, 11) is -5.91. The average molecular weight is 564 g/mol. The summed E-state index contributed by atoms with van der Waals surface area (Å²) in [5.41, 5.74) is 0.630. The summed E-state index contributed by atoms with van der Waals surface area (Å²) < 4.78 is 27.2. The van der Waals surface area contributed by atoms with Crippen LogP contribution in [0.15, 0.2) is 115 Å². The average Bonchev–Trinajstić information content (AvgIpc) is 2.92. The number of hydrogen-bond acceptors (Lipinski definition) is 6. The van der Waals surface area contributed by atoms with Gasteiger partial charge in [-0.1, -0.05) is 60.7 Å². The van der Waals surface area contributed by atoms with Gasteiger partial charge in [-0.25, -0.2) is 8.42 Å². The molecule has 0 saturated carbocycles. The molecular weight excluding hydrogens is 533 g/mol. The Balaban J connectivity index is 0.000000771. The molecule has 1 amide bonds. The van der Waals surface area contributed by atoms with Gasteiger partial charge in [0, 0.05) is 12.3 Å². The molecule has 0 atom stereocenters. The first-order chi connectivity index (χ1) is 18.6. The van der Waals surface area contributed by atoms with Crippen molar-refractivity contribution in [1.29, 1.82) is 0 Å². The number of hydrogen-bond donors (Lipinski definition) is 3. The zero-order valence-corrected chi connectivity index (χ0v) is 23.1. The maximum atomic E-state index is 12.6. The Labute approximate surface area is 229 Å². The van der Waals surface area contributed by atoms with Gasteiger partial charge < -0.3 is 20.1 Å². The van der Waals surface area contributed by atoms with Crippen LogP contribution in [-0.2, 0) is 14.9 Å². The van der Waals surface area contributed by atoms with Gasteiger partial charge in [-0.15, -0.1) is 0 Å². The molecule has 0 radical (unpaired) electrons. The van der Waals surface area contributed by atoms with Crippen LogP contribution in [-0.4, -0.2) is 48.1 Å². The van der Waals surface area contributed by atoms with E-state index in [9.17, 15) is 15.0 Å². The quantitative estimate of drug-likeness (QED) is 0.131. The first-order valence-corrected chi connectivity index (χ1v) is 15.8. The lowest BCUT2D eigenvalue weighted by molar-refractivity contribution is -0.116. The minimum Gasteiger partial charge on any atom is -0.748 e. The van der Waals surface area contributed by atoms with E-state index in [-0.39, 0.29) is 17.4 Å². The van der Waals surface area contributed by atoms with Crippen molar-refractivity contribution in [1.82, 2.24) is 5.32 Å². The second-order valence-electron chi connectivity index (χ2n) is 8.62. The second-order valence-corrected chi connectivity index (χ2v) is 13.6. The summed E-state index contributed by atoms with van der Waals surface area (Å²) in [6.45, 7) is 0.510. The first kappa shape index (κ1) is 29.6. The predicted octanol–water partition coefficient (Wildman–Crippen LogP) is 3.38. The van der Waals surface area contributed by atoms with E-state index in [1.54, 1.807) is 12.1 Å². The van der Waals surface area contributed by atoms with Crippen LogP contribution in [0.5, 0.6) is 11.5 Å². The molecule has 4 aromatic rings. The number of carbonyl (C=O) groups is 1. The SMILES string of the molecule is CS(=O)(=O)[O-].O=C(/C=C/c1ccc(O)c(O)c1)NCC[P+](c1ccccc1)(c1ccccc1)c1ccccc1. The lowest BCUT2D eigenvalue weighted by atomic mass is 10.2. The normalized spacial score (nSPS) is 11.4. The molecule has 0 aromatic heterocycles. The Bertz CT molecular complexity index is 1390. The van der Waals surface area contributed by atoms with Gasteiger partial charge in [-0.3, -0.25) is 4.79 Å². The second kappa shape index (κ2) is 13.7. The van der Waals surface area contributed by atoms with Crippen LogP contribution in [0.1, 0.15) is 5.56 Å². The molecular formula is C30H30NO6PS. The van der Waals surface area contributed by atoms with Gasteiger partial charge in [0.15, 0.2) is 11.5 Å². The molecule has 9 heteroatoms. The molecule has 4 rings (SSSR count). The number of nitrogens with one attached hydrogen (secondary N) is 1. The molecule has 0 aliphatic heterocycles. The summed E-state index contributed by atoms with van der Waals surface area (Å²) in [5.74, 6) is -0.616. The summed E-state index contributed by atoms with van der Waals surface area (Å²) in [6, 6.07) is 36.1. The minimum atomic E-state index is -3.92. The highest BCUT2D eigenvalue weighted by Crippen LogP contribution is 2.54. The molecule has 202 valence electrons. The molecule has 0 saturated heterocycles. The maximum Gasteiger partial charge on any atom is 0.244 e. The highest BCUT2D eigenvalue weighted by molar-refractivity contribution is 7.95. The Morgan fingerprint density at radius 1 is 0.795 bits per heavy atom. The summed E-state index contributed by atoms with van der Waals surface area (Å²) in [5, 5.41) is 25.9. The molecule has 0 spiro atoms. The molecule has 0 aliphatic rings. The van der Waals surface area contributed by atoms with E-state index in [1.165, 1.54) is 34.1 Å². The van der Waals surface area contributed by atoms with Crippen molar-refractivity contribution in [3.63, 3.8) is 0 Å². The molecule has 0 heterocycles.